The molecule has 0 bridgehead atoms. The zero-order valence-electron chi connectivity index (χ0n) is 15.2. The normalized spacial score (nSPS) is 10.8. The summed E-state index contributed by atoms with van der Waals surface area (Å²) >= 11 is 0. The van der Waals surface area contributed by atoms with E-state index >= 15 is 0 Å². The summed E-state index contributed by atoms with van der Waals surface area (Å²) in [5, 5.41) is 2.65. The van der Waals surface area contributed by atoms with Gasteiger partial charge in [0.25, 0.3) is 5.91 Å². The predicted molar refractivity (Wildman–Crippen MR) is 106 cm³/mol. The van der Waals surface area contributed by atoms with Gasteiger partial charge in [-0.15, -0.1) is 0 Å². The van der Waals surface area contributed by atoms with E-state index in [0.717, 1.165) is 5.69 Å². The molecule has 0 aliphatic rings. The maximum absolute atomic E-state index is 12.7. The fourth-order valence-electron chi connectivity index (χ4n) is 2.79. The van der Waals surface area contributed by atoms with Gasteiger partial charge in [-0.2, -0.15) is 0 Å². The number of hydrogen-bond donors (Lipinski definition) is 3. The number of nitrogens with zero attached hydrogens (tertiary/aromatic N) is 4. The lowest BCUT2D eigenvalue weighted by atomic mass is 10.1. The van der Waals surface area contributed by atoms with Gasteiger partial charge in [-0.05, 0) is 30.3 Å². The molecule has 9 heteroatoms. The first-order valence-electron chi connectivity index (χ1n) is 8.50. The first-order chi connectivity index (χ1) is 13.5. The largest absolute Gasteiger partial charge is 0.378 e. The van der Waals surface area contributed by atoms with Crippen LogP contribution in [0.1, 0.15) is 10.4 Å². The summed E-state index contributed by atoms with van der Waals surface area (Å²) in [5.74, 6) is 0.440. The van der Waals surface area contributed by atoms with Gasteiger partial charge in [0.2, 0.25) is 0 Å². The fraction of sp³-hybridized carbons (Fsp3) is 0.105. The number of hydrogen-bond acceptors (Lipinski definition) is 6. The number of para-hydroxylation sites is 1. The lowest BCUT2D eigenvalue weighted by Crippen LogP contribution is -2.17. The minimum absolute atomic E-state index is 0.262. The number of benzene rings is 1. The minimum atomic E-state index is -0.537. The molecule has 4 rings (SSSR count). The van der Waals surface area contributed by atoms with Gasteiger partial charge in [0.05, 0.1) is 11.1 Å². The number of imidazole rings is 1. The zero-order chi connectivity index (χ0) is 19.7. The topological polar surface area (TPSA) is 120 Å². The molecule has 0 atom stereocenters. The molecule has 140 valence electrons. The number of aromatic nitrogens is 5. The van der Waals surface area contributed by atoms with E-state index in [-0.39, 0.29) is 11.7 Å². The number of fused-ring (bicyclic) bond motifs is 1. The molecule has 0 radical (unpaired) electrons. The minimum Gasteiger partial charge on any atom is -0.378 e. The Morgan fingerprint density at radius 1 is 1.07 bits per heavy atom. The first-order valence-corrected chi connectivity index (χ1v) is 8.50. The molecule has 0 aliphatic carbocycles. The molecule has 9 nitrogen and oxygen atoms in total. The van der Waals surface area contributed by atoms with Crippen molar-refractivity contribution in [2.45, 2.75) is 0 Å². The Balaban J connectivity index is 1.72. The average Bonchev–Trinajstić information content (AvgIpc) is 3.12. The number of aromatic amines is 2. The molecule has 3 heterocycles. The molecule has 0 spiro atoms. The molecule has 0 saturated carbocycles. The summed E-state index contributed by atoms with van der Waals surface area (Å²) in [7, 11) is 3.90. The Kier molecular flexibility index (Phi) is 4.32. The van der Waals surface area contributed by atoms with Crippen molar-refractivity contribution in [3.8, 4) is 11.5 Å². The summed E-state index contributed by atoms with van der Waals surface area (Å²) in [6.45, 7) is 0. The van der Waals surface area contributed by atoms with Crippen molar-refractivity contribution in [1.82, 2.24) is 24.9 Å². The fourth-order valence-corrected chi connectivity index (χ4v) is 2.79. The van der Waals surface area contributed by atoms with E-state index in [1.165, 1.54) is 12.3 Å². The third-order valence-corrected chi connectivity index (χ3v) is 4.18. The van der Waals surface area contributed by atoms with Crippen LogP contribution in [-0.2, 0) is 0 Å². The molecule has 0 saturated heterocycles. The van der Waals surface area contributed by atoms with Gasteiger partial charge in [-0.25, -0.2) is 14.8 Å². The lowest BCUT2D eigenvalue weighted by Gasteiger charge is -2.12. The SMILES string of the molecule is CN(C)c1ccnc(-c2nc3c(C(=O)Nc4ccnc(=O)[nH]4)cccc3[nH]2)c1. The molecule has 0 aliphatic heterocycles. The summed E-state index contributed by atoms with van der Waals surface area (Å²) in [6.07, 6.45) is 3.04. The third kappa shape index (κ3) is 3.32. The van der Waals surface area contributed by atoms with Gasteiger partial charge in [-0.1, -0.05) is 6.07 Å². The first kappa shape index (κ1) is 17.4. The number of pyridine rings is 1. The highest BCUT2D eigenvalue weighted by Crippen LogP contribution is 2.24. The molecule has 1 aromatic carbocycles. The maximum atomic E-state index is 12.7. The summed E-state index contributed by atoms with van der Waals surface area (Å²) in [4.78, 5) is 44.1. The molecule has 0 unspecified atom stereocenters. The van der Waals surface area contributed by atoms with E-state index in [2.05, 4.69) is 30.2 Å². The van der Waals surface area contributed by atoms with Crippen molar-refractivity contribution in [3.63, 3.8) is 0 Å². The van der Waals surface area contributed by atoms with Gasteiger partial charge in [0, 0.05) is 32.2 Å². The van der Waals surface area contributed by atoms with Crippen LogP contribution in [0.15, 0.2) is 53.6 Å². The van der Waals surface area contributed by atoms with Crippen LogP contribution >= 0.6 is 0 Å². The Hall–Kier alpha value is -4.01. The number of carbonyl (C=O) groups excluding carboxylic acids is 1. The van der Waals surface area contributed by atoms with Crippen molar-refractivity contribution in [2.24, 2.45) is 0 Å². The molecule has 0 fully saturated rings. The standard InChI is InChI=1S/C19H17N7O2/c1-26(2)11-6-8-20-14(10-11)17-22-13-5-3-4-12(16(13)25-17)18(27)23-15-7-9-21-19(28)24-15/h3-10H,1-2H3,(H,22,25)(H2,21,23,24,27,28). The lowest BCUT2D eigenvalue weighted by molar-refractivity contribution is 0.102. The molecular weight excluding hydrogens is 358 g/mol. The second-order valence-electron chi connectivity index (χ2n) is 6.32. The monoisotopic (exact) mass is 375 g/mol. The van der Waals surface area contributed by atoms with Crippen LogP contribution in [0.3, 0.4) is 0 Å². The number of anilines is 2. The van der Waals surface area contributed by atoms with Crippen LogP contribution in [-0.4, -0.2) is 44.9 Å². The van der Waals surface area contributed by atoms with Crippen molar-refractivity contribution in [3.05, 3.63) is 64.8 Å². The Morgan fingerprint density at radius 3 is 2.68 bits per heavy atom. The number of rotatable bonds is 4. The number of carbonyl (C=O) groups is 1. The van der Waals surface area contributed by atoms with Gasteiger partial charge in [0.15, 0.2) is 5.82 Å². The second-order valence-corrected chi connectivity index (χ2v) is 6.32. The van der Waals surface area contributed by atoms with Crippen molar-refractivity contribution >= 4 is 28.4 Å². The molecule has 4 aromatic rings. The second kappa shape index (κ2) is 6.95. The summed E-state index contributed by atoms with van der Waals surface area (Å²) in [5.41, 5.74) is 2.73. The Bertz CT molecular complexity index is 1230. The molecule has 28 heavy (non-hydrogen) atoms. The van der Waals surface area contributed by atoms with Crippen LogP contribution in [0, 0.1) is 0 Å². The van der Waals surface area contributed by atoms with Crippen LogP contribution in [0.5, 0.6) is 0 Å². The van der Waals surface area contributed by atoms with Gasteiger partial charge >= 0.3 is 5.69 Å². The summed E-state index contributed by atoms with van der Waals surface area (Å²) in [6, 6.07) is 10.6. The van der Waals surface area contributed by atoms with Crippen molar-refractivity contribution in [2.75, 3.05) is 24.3 Å². The highest BCUT2D eigenvalue weighted by molar-refractivity contribution is 6.11. The highest BCUT2D eigenvalue weighted by Gasteiger charge is 2.16. The van der Waals surface area contributed by atoms with E-state index in [0.29, 0.717) is 28.1 Å². The van der Waals surface area contributed by atoms with E-state index in [9.17, 15) is 9.59 Å². The van der Waals surface area contributed by atoms with Gasteiger partial charge in [-0.3, -0.25) is 14.8 Å². The predicted octanol–water partition coefficient (Wildman–Crippen LogP) is 2.03. The van der Waals surface area contributed by atoms with E-state index in [1.54, 1.807) is 18.3 Å². The quantitative estimate of drug-likeness (QED) is 0.502. The number of nitrogens with one attached hydrogen (secondary N) is 3. The third-order valence-electron chi connectivity index (χ3n) is 4.18. The zero-order valence-corrected chi connectivity index (χ0v) is 15.2. The molecule has 3 N–H and O–H groups in total. The van der Waals surface area contributed by atoms with Crippen LogP contribution < -0.4 is 15.9 Å². The van der Waals surface area contributed by atoms with Gasteiger partial charge in [0.1, 0.15) is 17.0 Å². The average molecular weight is 375 g/mol. The van der Waals surface area contributed by atoms with Crippen LogP contribution in [0.25, 0.3) is 22.6 Å². The number of H-pyrrole nitrogens is 2. The van der Waals surface area contributed by atoms with E-state index in [4.69, 9.17) is 0 Å². The van der Waals surface area contributed by atoms with E-state index in [1.807, 2.05) is 37.2 Å². The molecular formula is C19H17N7O2. The summed E-state index contributed by atoms with van der Waals surface area (Å²) < 4.78 is 0. The van der Waals surface area contributed by atoms with Crippen molar-refractivity contribution in [1.29, 1.82) is 0 Å². The van der Waals surface area contributed by atoms with E-state index < -0.39 is 5.69 Å². The molecule has 3 aromatic heterocycles. The van der Waals surface area contributed by atoms with Crippen molar-refractivity contribution < 1.29 is 4.79 Å². The Labute approximate surface area is 159 Å². The van der Waals surface area contributed by atoms with Crippen LogP contribution in [0.2, 0.25) is 0 Å². The number of amides is 1. The maximum Gasteiger partial charge on any atom is 0.346 e. The van der Waals surface area contributed by atoms with Gasteiger partial charge < -0.3 is 15.2 Å². The highest BCUT2D eigenvalue weighted by atomic mass is 16.2. The smallest absolute Gasteiger partial charge is 0.346 e. The molecule has 1 amide bonds. The Morgan fingerprint density at radius 2 is 1.89 bits per heavy atom. The van der Waals surface area contributed by atoms with Crippen LogP contribution in [0.4, 0.5) is 11.5 Å².